The minimum Gasteiger partial charge on any atom is -0.135 e. The lowest BCUT2D eigenvalue weighted by Gasteiger charge is -2.32. The zero-order valence-corrected chi connectivity index (χ0v) is 33.4. The lowest BCUT2D eigenvalue weighted by molar-refractivity contribution is 0.809. The Hall–Kier alpha value is -7.32. The van der Waals surface area contributed by atoms with E-state index < -0.39 is 5.41 Å². The highest BCUT2D eigenvalue weighted by molar-refractivity contribution is 7.25. The number of hydrogen-bond donors (Lipinski definition) is 0. The summed E-state index contributed by atoms with van der Waals surface area (Å²) >= 11 is 1.88. The average molecular weight is 775 g/mol. The Bertz CT molecular complexity index is 3740. The number of thiophene rings is 1. The van der Waals surface area contributed by atoms with Crippen molar-refractivity contribution in [2.24, 2.45) is 0 Å². The minimum atomic E-state index is -0.449. The molecule has 0 atom stereocenters. The summed E-state index contributed by atoms with van der Waals surface area (Å²) in [7, 11) is 0. The van der Waals surface area contributed by atoms with E-state index in [9.17, 15) is 0 Å². The predicted octanol–water partition coefficient (Wildman–Crippen LogP) is 16.3. The Balaban J connectivity index is 1.04. The molecule has 1 heteroatoms. The van der Waals surface area contributed by atoms with Crippen LogP contribution in [0.2, 0.25) is 0 Å². The third kappa shape index (κ3) is 4.10. The van der Waals surface area contributed by atoms with E-state index in [1.807, 2.05) is 11.3 Å². The van der Waals surface area contributed by atoms with Gasteiger partial charge in [0.25, 0.3) is 0 Å². The minimum absolute atomic E-state index is 0.449. The third-order valence-electron chi connectivity index (χ3n) is 13.8. The molecule has 1 heterocycles. The summed E-state index contributed by atoms with van der Waals surface area (Å²) in [5.41, 5.74) is 15.5. The van der Waals surface area contributed by atoms with Gasteiger partial charge in [-0.2, -0.15) is 0 Å². The first-order valence-corrected chi connectivity index (χ1v) is 21.7. The topological polar surface area (TPSA) is 0 Å². The Kier molecular flexibility index (Phi) is 6.46. The maximum Gasteiger partial charge on any atom is 0.0737 e. The van der Waals surface area contributed by atoms with Gasteiger partial charge in [-0.1, -0.05) is 182 Å². The van der Waals surface area contributed by atoms with E-state index in [2.05, 4.69) is 206 Å². The Morgan fingerprint density at radius 2 is 0.750 bits per heavy atom. The van der Waals surface area contributed by atoms with Crippen LogP contribution in [0.1, 0.15) is 22.3 Å². The second kappa shape index (κ2) is 11.9. The van der Waals surface area contributed by atoms with Crippen molar-refractivity contribution in [1.29, 1.82) is 0 Å². The van der Waals surface area contributed by atoms with Crippen molar-refractivity contribution in [2.75, 3.05) is 0 Å². The van der Waals surface area contributed by atoms with Crippen LogP contribution < -0.4 is 0 Å². The lowest BCUT2D eigenvalue weighted by Crippen LogP contribution is -2.26. The summed E-state index contributed by atoms with van der Waals surface area (Å²) in [6.07, 6.45) is 0. The molecule has 0 radical (unpaired) electrons. The van der Waals surface area contributed by atoms with Crippen LogP contribution in [0.5, 0.6) is 0 Å². The van der Waals surface area contributed by atoms with Gasteiger partial charge in [0.1, 0.15) is 0 Å². The molecule has 1 spiro atoms. The van der Waals surface area contributed by atoms with Crippen molar-refractivity contribution >= 4 is 74.6 Å². The van der Waals surface area contributed by atoms with Crippen molar-refractivity contribution in [3.05, 3.63) is 229 Å². The first-order valence-electron chi connectivity index (χ1n) is 20.9. The van der Waals surface area contributed by atoms with Gasteiger partial charge in [-0.05, 0) is 134 Å². The summed E-state index contributed by atoms with van der Waals surface area (Å²) < 4.78 is 2.66. The van der Waals surface area contributed by atoms with Crippen LogP contribution in [0.15, 0.2) is 206 Å². The van der Waals surface area contributed by atoms with Crippen LogP contribution in [-0.2, 0) is 5.41 Å². The molecule has 0 nitrogen and oxygen atoms in total. The number of benzene rings is 11. The fourth-order valence-corrected chi connectivity index (χ4v) is 12.6. The molecule has 60 heavy (non-hydrogen) atoms. The Labute approximate surface area is 351 Å². The van der Waals surface area contributed by atoms with E-state index >= 15 is 0 Å². The summed E-state index contributed by atoms with van der Waals surface area (Å²) in [4.78, 5) is 0. The molecule has 0 unspecified atom stereocenters. The van der Waals surface area contributed by atoms with E-state index in [4.69, 9.17) is 0 Å². The smallest absolute Gasteiger partial charge is 0.0737 e. The van der Waals surface area contributed by atoms with Crippen LogP contribution in [0.25, 0.3) is 108 Å². The summed E-state index contributed by atoms with van der Waals surface area (Å²) in [5, 5.41) is 12.9. The Morgan fingerprint density at radius 3 is 1.40 bits per heavy atom. The van der Waals surface area contributed by atoms with Gasteiger partial charge >= 0.3 is 0 Å². The fraction of sp³-hybridized carbons (Fsp3) is 0.0169. The SMILES string of the molecule is c1ccc2c(c1)-c1ccccc1C21c2c(ccc3ccccc23)-c2ccc3cc(-c4c5ccccc5c(-c5ccc6sc7ccccc7c6c5)c5ccccc45)ccc3c21. The zero-order chi connectivity index (χ0) is 39.1. The van der Waals surface area contributed by atoms with Gasteiger partial charge in [0, 0.05) is 20.2 Å². The maximum absolute atomic E-state index is 2.47. The molecule has 2 aliphatic carbocycles. The van der Waals surface area contributed by atoms with Gasteiger partial charge in [-0.15, -0.1) is 11.3 Å². The van der Waals surface area contributed by atoms with Crippen molar-refractivity contribution in [1.82, 2.24) is 0 Å². The highest BCUT2D eigenvalue weighted by Crippen LogP contribution is 2.65. The van der Waals surface area contributed by atoms with Gasteiger partial charge < -0.3 is 0 Å². The molecule has 11 aromatic carbocycles. The van der Waals surface area contributed by atoms with E-state index in [0.717, 1.165) is 0 Å². The van der Waals surface area contributed by atoms with Gasteiger partial charge in [-0.3, -0.25) is 0 Å². The van der Waals surface area contributed by atoms with E-state index in [0.29, 0.717) is 0 Å². The number of hydrogen-bond acceptors (Lipinski definition) is 1. The van der Waals surface area contributed by atoms with Crippen LogP contribution in [0, 0.1) is 0 Å². The first kappa shape index (κ1) is 32.6. The third-order valence-corrected chi connectivity index (χ3v) is 15.0. The van der Waals surface area contributed by atoms with E-state index in [-0.39, 0.29) is 0 Å². The highest BCUT2D eigenvalue weighted by Gasteiger charge is 2.53. The molecule has 1 aromatic heterocycles. The normalized spacial score (nSPS) is 13.5. The highest BCUT2D eigenvalue weighted by atomic mass is 32.1. The predicted molar refractivity (Wildman–Crippen MR) is 257 cm³/mol. The van der Waals surface area contributed by atoms with Crippen LogP contribution in [-0.4, -0.2) is 0 Å². The Morgan fingerprint density at radius 1 is 0.283 bits per heavy atom. The van der Waals surface area contributed by atoms with Crippen molar-refractivity contribution in [3.8, 4) is 44.5 Å². The lowest BCUT2D eigenvalue weighted by atomic mass is 9.68. The molecule has 0 aliphatic heterocycles. The molecule has 0 N–H and O–H groups in total. The van der Waals surface area contributed by atoms with Gasteiger partial charge in [0.15, 0.2) is 0 Å². The standard InChI is InChI=1S/C59H34S/c1-2-14-39-35(13-1)25-30-48-49-31-26-36-33-37(27-29-40(36)58(49)59(57(39)48)51-22-10-7-15-41(51)42-16-8-11-23-52(42)59)55-44-18-3-5-20-46(44)56(47-21-6-4-19-45(47)55)38-28-32-54-50(34-38)43-17-9-12-24-53(43)60-54/h1-34H. The molecular weight excluding hydrogens is 741 g/mol. The molecule has 0 fully saturated rings. The quantitative estimate of drug-likeness (QED) is 0.153. The molecule has 0 saturated carbocycles. The number of fused-ring (bicyclic) bond motifs is 19. The van der Waals surface area contributed by atoms with Crippen molar-refractivity contribution in [3.63, 3.8) is 0 Å². The summed E-state index contributed by atoms with van der Waals surface area (Å²) in [5.74, 6) is 0. The van der Waals surface area contributed by atoms with Crippen LogP contribution >= 0.6 is 11.3 Å². The summed E-state index contributed by atoms with van der Waals surface area (Å²) in [6.45, 7) is 0. The number of rotatable bonds is 2. The molecule has 2 aliphatic rings. The van der Waals surface area contributed by atoms with Crippen LogP contribution in [0.3, 0.4) is 0 Å². The van der Waals surface area contributed by atoms with Gasteiger partial charge in [-0.25, -0.2) is 0 Å². The van der Waals surface area contributed by atoms with Crippen molar-refractivity contribution < 1.29 is 0 Å². The zero-order valence-electron chi connectivity index (χ0n) is 32.5. The van der Waals surface area contributed by atoms with Gasteiger partial charge in [0.2, 0.25) is 0 Å². The van der Waals surface area contributed by atoms with Gasteiger partial charge in [0.05, 0.1) is 5.41 Å². The average Bonchev–Trinajstić information content (AvgIpc) is 3.94. The molecule has 14 rings (SSSR count). The molecule has 0 saturated heterocycles. The molecular formula is C59H34S. The van der Waals surface area contributed by atoms with E-state index in [1.54, 1.807) is 0 Å². The van der Waals surface area contributed by atoms with Crippen molar-refractivity contribution in [2.45, 2.75) is 5.41 Å². The molecule has 12 aromatic rings. The second-order valence-corrected chi connectivity index (χ2v) is 17.7. The largest absolute Gasteiger partial charge is 0.135 e. The monoisotopic (exact) mass is 774 g/mol. The summed E-state index contributed by atoms with van der Waals surface area (Å²) in [6, 6.07) is 78.1. The molecule has 276 valence electrons. The van der Waals surface area contributed by atoms with E-state index in [1.165, 1.54) is 130 Å². The maximum atomic E-state index is 2.47. The first-order chi connectivity index (χ1) is 29.8. The van der Waals surface area contributed by atoms with Crippen LogP contribution in [0.4, 0.5) is 0 Å². The molecule has 0 bridgehead atoms. The fourth-order valence-electron chi connectivity index (χ4n) is 11.5. The second-order valence-electron chi connectivity index (χ2n) is 16.6. The molecule has 0 amide bonds.